The standard InChI is InChI=1S/C17H24N2O5/c1-23-9-10-24-15-11-12(7-8-18-15)16(20)19-14-6-4-2-3-5-13(14)17(21)22/h7-8,11,13-14H,2-6,9-10H2,1H3,(H,19,20)(H,21,22)/t13-,14+/m1/s1. The van der Waals surface area contributed by atoms with Crippen molar-refractivity contribution in [2.75, 3.05) is 20.3 Å². The fourth-order valence-electron chi connectivity index (χ4n) is 2.89. The van der Waals surface area contributed by atoms with Gasteiger partial charge in [-0.1, -0.05) is 19.3 Å². The monoisotopic (exact) mass is 336 g/mol. The molecule has 0 aromatic carbocycles. The average molecular weight is 336 g/mol. The second kappa shape index (κ2) is 9.22. The number of carbonyl (C=O) groups excluding carboxylic acids is 1. The molecule has 1 aliphatic rings. The van der Waals surface area contributed by atoms with Crippen LogP contribution in [0, 0.1) is 5.92 Å². The van der Waals surface area contributed by atoms with Crippen LogP contribution in [-0.4, -0.2) is 48.3 Å². The van der Waals surface area contributed by atoms with Crippen LogP contribution in [0.25, 0.3) is 0 Å². The van der Waals surface area contributed by atoms with Gasteiger partial charge in [0.25, 0.3) is 5.91 Å². The van der Waals surface area contributed by atoms with Crippen molar-refractivity contribution in [3.8, 4) is 5.88 Å². The van der Waals surface area contributed by atoms with Crippen LogP contribution in [0.15, 0.2) is 18.3 Å². The highest BCUT2D eigenvalue weighted by Crippen LogP contribution is 2.24. The lowest BCUT2D eigenvalue weighted by Crippen LogP contribution is -2.42. The molecule has 7 heteroatoms. The Bertz CT molecular complexity index is 564. The molecule has 24 heavy (non-hydrogen) atoms. The van der Waals surface area contributed by atoms with Gasteiger partial charge in [0.05, 0.1) is 12.5 Å². The number of aliphatic carboxylic acids is 1. The number of rotatable bonds is 7. The van der Waals surface area contributed by atoms with E-state index in [1.165, 1.54) is 6.20 Å². The number of pyridine rings is 1. The molecule has 2 N–H and O–H groups in total. The number of hydrogen-bond donors (Lipinski definition) is 2. The average Bonchev–Trinajstić information content (AvgIpc) is 2.81. The Kier molecular flexibility index (Phi) is 6.99. The van der Waals surface area contributed by atoms with Crippen molar-refractivity contribution in [1.29, 1.82) is 0 Å². The van der Waals surface area contributed by atoms with Gasteiger partial charge in [-0.15, -0.1) is 0 Å². The van der Waals surface area contributed by atoms with Gasteiger partial charge in [0.15, 0.2) is 0 Å². The number of carboxylic acids is 1. The SMILES string of the molecule is COCCOc1cc(C(=O)N[C@H]2CCCCC[C@H]2C(=O)O)ccn1. The number of methoxy groups -OCH3 is 1. The number of nitrogens with zero attached hydrogens (tertiary/aromatic N) is 1. The van der Waals surface area contributed by atoms with E-state index < -0.39 is 11.9 Å². The van der Waals surface area contributed by atoms with Gasteiger partial charge in [-0.2, -0.15) is 0 Å². The summed E-state index contributed by atoms with van der Waals surface area (Å²) in [6.07, 6.45) is 5.60. The van der Waals surface area contributed by atoms with E-state index in [1.807, 2.05) is 0 Å². The van der Waals surface area contributed by atoms with Crippen LogP contribution in [0.2, 0.25) is 0 Å². The van der Waals surface area contributed by atoms with Crippen LogP contribution in [-0.2, 0) is 9.53 Å². The van der Waals surface area contributed by atoms with Crippen molar-refractivity contribution in [2.24, 2.45) is 5.92 Å². The van der Waals surface area contributed by atoms with Crippen molar-refractivity contribution in [3.05, 3.63) is 23.9 Å². The third-order valence-electron chi connectivity index (χ3n) is 4.18. The first-order chi connectivity index (χ1) is 11.6. The number of aromatic nitrogens is 1. The van der Waals surface area contributed by atoms with Gasteiger partial charge in [0.1, 0.15) is 6.61 Å². The topological polar surface area (TPSA) is 97.8 Å². The molecular formula is C17H24N2O5. The van der Waals surface area contributed by atoms with Crippen LogP contribution >= 0.6 is 0 Å². The largest absolute Gasteiger partial charge is 0.481 e. The summed E-state index contributed by atoms with van der Waals surface area (Å²) in [6, 6.07) is 2.80. The van der Waals surface area contributed by atoms with Crippen molar-refractivity contribution in [1.82, 2.24) is 10.3 Å². The van der Waals surface area contributed by atoms with Crippen LogP contribution in [0.3, 0.4) is 0 Å². The van der Waals surface area contributed by atoms with Gasteiger partial charge in [-0.25, -0.2) is 4.98 Å². The third-order valence-corrected chi connectivity index (χ3v) is 4.18. The Morgan fingerprint density at radius 3 is 2.83 bits per heavy atom. The Hall–Kier alpha value is -2.15. The van der Waals surface area contributed by atoms with E-state index in [1.54, 1.807) is 19.2 Å². The zero-order valence-corrected chi connectivity index (χ0v) is 13.9. The zero-order valence-electron chi connectivity index (χ0n) is 13.9. The second-order valence-electron chi connectivity index (χ2n) is 5.89. The summed E-state index contributed by atoms with van der Waals surface area (Å²) < 4.78 is 10.3. The first-order valence-electron chi connectivity index (χ1n) is 8.23. The lowest BCUT2D eigenvalue weighted by atomic mass is 9.94. The lowest BCUT2D eigenvalue weighted by Gasteiger charge is -2.23. The zero-order chi connectivity index (χ0) is 17.4. The quantitative estimate of drug-likeness (QED) is 0.583. The first-order valence-corrected chi connectivity index (χ1v) is 8.23. The molecule has 2 rings (SSSR count). The minimum atomic E-state index is -0.847. The van der Waals surface area contributed by atoms with E-state index >= 15 is 0 Å². The number of hydrogen-bond acceptors (Lipinski definition) is 5. The fourth-order valence-corrected chi connectivity index (χ4v) is 2.89. The first kappa shape index (κ1) is 18.2. The molecule has 1 aliphatic carbocycles. The summed E-state index contributed by atoms with van der Waals surface area (Å²) in [5, 5.41) is 12.3. The van der Waals surface area contributed by atoms with Gasteiger partial charge in [0, 0.05) is 31.0 Å². The Morgan fingerprint density at radius 2 is 2.08 bits per heavy atom. The van der Waals surface area contributed by atoms with E-state index in [0.29, 0.717) is 37.5 Å². The molecule has 0 unspecified atom stereocenters. The van der Waals surface area contributed by atoms with Crippen molar-refractivity contribution >= 4 is 11.9 Å². The summed E-state index contributed by atoms with van der Waals surface area (Å²) in [4.78, 5) is 28.0. The molecule has 0 bridgehead atoms. The summed E-state index contributed by atoms with van der Waals surface area (Å²) in [6.45, 7) is 0.777. The van der Waals surface area contributed by atoms with Crippen molar-refractivity contribution in [3.63, 3.8) is 0 Å². The number of nitrogens with one attached hydrogen (secondary N) is 1. The Morgan fingerprint density at radius 1 is 1.29 bits per heavy atom. The number of amides is 1. The number of ether oxygens (including phenoxy) is 2. The number of carbonyl (C=O) groups is 2. The Balaban J connectivity index is 2.02. The maximum atomic E-state index is 12.5. The van der Waals surface area contributed by atoms with Crippen molar-refractivity contribution < 1.29 is 24.2 Å². The smallest absolute Gasteiger partial charge is 0.308 e. The third kappa shape index (κ3) is 5.19. The van der Waals surface area contributed by atoms with E-state index in [9.17, 15) is 14.7 Å². The van der Waals surface area contributed by atoms with E-state index in [4.69, 9.17) is 9.47 Å². The molecule has 1 saturated carbocycles. The second-order valence-corrected chi connectivity index (χ2v) is 5.89. The van der Waals surface area contributed by atoms with Crippen LogP contribution < -0.4 is 10.1 Å². The van der Waals surface area contributed by atoms with Crippen molar-refractivity contribution in [2.45, 2.75) is 38.1 Å². The molecule has 1 aromatic rings. The summed E-state index contributed by atoms with van der Waals surface area (Å²) >= 11 is 0. The molecule has 0 saturated heterocycles. The number of carboxylic acid groups (broad SMARTS) is 1. The van der Waals surface area contributed by atoms with Crippen LogP contribution in [0.5, 0.6) is 5.88 Å². The molecule has 2 atom stereocenters. The maximum Gasteiger partial charge on any atom is 0.308 e. The highest BCUT2D eigenvalue weighted by Gasteiger charge is 2.30. The highest BCUT2D eigenvalue weighted by atomic mass is 16.5. The van der Waals surface area contributed by atoms with E-state index in [0.717, 1.165) is 19.3 Å². The minimum Gasteiger partial charge on any atom is -0.481 e. The lowest BCUT2D eigenvalue weighted by molar-refractivity contribution is -0.142. The maximum absolute atomic E-state index is 12.5. The molecule has 1 amide bonds. The molecular weight excluding hydrogens is 312 g/mol. The molecule has 7 nitrogen and oxygen atoms in total. The van der Waals surface area contributed by atoms with E-state index in [2.05, 4.69) is 10.3 Å². The van der Waals surface area contributed by atoms with Gasteiger partial charge < -0.3 is 19.9 Å². The van der Waals surface area contributed by atoms with Crippen LogP contribution in [0.4, 0.5) is 0 Å². The normalized spacial score (nSPS) is 20.9. The molecule has 0 radical (unpaired) electrons. The van der Waals surface area contributed by atoms with Gasteiger partial charge in [-0.05, 0) is 18.9 Å². The Labute approximate surface area is 141 Å². The molecule has 1 heterocycles. The summed E-state index contributed by atoms with van der Waals surface area (Å²) in [5.41, 5.74) is 0.408. The predicted molar refractivity (Wildman–Crippen MR) is 87.1 cm³/mol. The highest BCUT2D eigenvalue weighted by molar-refractivity contribution is 5.94. The van der Waals surface area contributed by atoms with Crippen LogP contribution in [0.1, 0.15) is 42.5 Å². The van der Waals surface area contributed by atoms with Gasteiger partial charge in [0.2, 0.25) is 5.88 Å². The minimum absolute atomic E-state index is 0.299. The molecule has 132 valence electrons. The molecule has 1 fully saturated rings. The summed E-state index contributed by atoms with van der Waals surface area (Å²) in [7, 11) is 1.58. The predicted octanol–water partition coefficient (Wildman–Crippen LogP) is 1.87. The summed E-state index contributed by atoms with van der Waals surface area (Å²) in [5.74, 6) is -1.33. The van der Waals surface area contributed by atoms with Gasteiger partial charge >= 0.3 is 5.97 Å². The van der Waals surface area contributed by atoms with Gasteiger partial charge in [-0.3, -0.25) is 9.59 Å². The molecule has 0 spiro atoms. The fraction of sp³-hybridized carbons (Fsp3) is 0.588. The van der Waals surface area contributed by atoms with E-state index in [-0.39, 0.29) is 11.9 Å². The molecule has 1 aromatic heterocycles. The molecule has 0 aliphatic heterocycles.